The Hall–Kier alpha value is -6.90. The molecule has 1 aromatic heterocycles. The molecule has 0 unspecified atom stereocenters. The maximum absolute atomic E-state index is 5.10. The highest BCUT2D eigenvalue weighted by Crippen LogP contribution is 2.55. The van der Waals surface area contributed by atoms with Gasteiger partial charge in [-0.2, -0.15) is 0 Å². The Kier molecular flexibility index (Phi) is 6.93. The number of fused-ring (bicyclic) bond motifs is 10. The Morgan fingerprint density at radius 2 is 0.909 bits per heavy atom. The summed E-state index contributed by atoms with van der Waals surface area (Å²) in [7, 11) is 0. The molecule has 0 spiro atoms. The van der Waals surface area contributed by atoms with Crippen molar-refractivity contribution in [2.24, 2.45) is 0 Å². The van der Waals surface area contributed by atoms with Crippen molar-refractivity contribution in [1.29, 1.82) is 0 Å². The summed E-state index contributed by atoms with van der Waals surface area (Å²) >= 11 is 0. The molecular formula is C53H36N2. The van der Waals surface area contributed by atoms with Gasteiger partial charge in [-0.1, -0.05) is 166 Å². The monoisotopic (exact) mass is 700 g/mol. The molecule has 0 aliphatic heterocycles. The van der Waals surface area contributed by atoms with E-state index in [2.05, 4.69) is 178 Å². The topological polar surface area (TPSA) is 25.8 Å². The van der Waals surface area contributed by atoms with Gasteiger partial charge in [0.05, 0.1) is 11.4 Å². The van der Waals surface area contributed by atoms with E-state index in [0.717, 1.165) is 33.9 Å². The summed E-state index contributed by atoms with van der Waals surface area (Å²) in [5.41, 5.74) is 12.8. The molecule has 258 valence electrons. The van der Waals surface area contributed by atoms with E-state index in [-0.39, 0.29) is 5.41 Å². The van der Waals surface area contributed by atoms with E-state index in [1.54, 1.807) is 0 Å². The molecule has 0 N–H and O–H groups in total. The van der Waals surface area contributed by atoms with Crippen LogP contribution in [0.2, 0.25) is 0 Å². The van der Waals surface area contributed by atoms with Gasteiger partial charge in [-0.3, -0.25) is 0 Å². The van der Waals surface area contributed by atoms with Crippen molar-refractivity contribution >= 4 is 43.1 Å². The summed E-state index contributed by atoms with van der Waals surface area (Å²) in [6.45, 7) is 4.80. The smallest absolute Gasteiger partial charge is 0.160 e. The van der Waals surface area contributed by atoms with Crippen LogP contribution in [0.25, 0.3) is 99.2 Å². The minimum Gasteiger partial charge on any atom is -0.228 e. The van der Waals surface area contributed by atoms with Crippen molar-refractivity contribution in [3.05, 3.63) is 193 Å². The molecule has 0 atom stereocenters. The standard InChI is InChI=1S/C53H36N2/c1-53(2)47-31-41-29-38(25-26-39(41)30-46(47)50-44-18-10-8-16-42(44)43-17-9-11-19-45(43)51(50)53)34-20-23-35(24-21-34)48-32-49(55-52(54-48)36-13-4-3-5-14-36)40-27-22-33-12-6-7-15-37(33)28-40/h3-32H,1-2H3. The zero-order chi connectivity index (χ0) is 36.7. The molecular weight excluding hydrogens is 665 g/mol. The van der Waals surface area contributed by atoms with Gasteiger partial charge in [-0.05, 0) is 107 Å². The molecule has 11 rings (SSSR count). The molecule has 0 saturated carbocycles. The van der Waals surface area contributed by atoms with Gasteiger partial charge in [0.15, 0.2) is 5.82 Å². The van der Waals surface area contributed by atoms with Crippen molar-refractivity contribution < 1.29 is 0 Å². The first kappa shape index (κ1) is 31.6. The van der Waals surface area contributed by atoms with Crippen LogP contribution in [0, 0.1) is 0 Å². The van der Waals surface area contributed by atoms with E-state index in [1.807, 2.05) is 18.2 Å². The number of hydrogen-bond acceptors (Lipinski definition) is 2. The van der Waals surface area contributed by atoms with Gasteiger partial charge in [-0.15, -0.1) is 0 Å². The summed E-state index contributed by atoms with van der Waals surface area (Å²) < 4.78 is 0. The van der Waals surface area contributed by atoms with Crippen LogP contribution in [0.4, 0.5) is 0 Å². The molecule has 1 heterocycles. The third-order valence-electron chi connectivity index (χ3n) is 11.8. The van der Waals surface area contributed by atoms with Gasteiger partial charge in [-0.25, -0.2) is 9.97 Å². The summed E-state index contributed by atoms with van der Waals surface area (Å²) in [5, 5.41) is 10.3. The van der Waals surface area contributed by atoms with Crippen LogP contribution in [0.1, 0.15) is 25.0 Å². The van der Waals surface area contributed by atoms with E-state index in [1.165, 1.54) is 76.5 Å². The second-order valence-corrected chi connectivity index (χ2v) is 15.4. The summed E-state index contributed by atoms with van der Waals surface area (Å²) in [6.07, 6.45) is 0. The zero-order valence-electron chi connectivity index (χ0n) is 30.7. The lowest BCUT2D eigenvalue weighted by Gasteiger charge is -2.24. The van der Waals surface area contributed by atoms with Crippen LogP contribution in [-0.4, -0.2) is 9.97 Å². The van der Waals surface area contributed by atoms with Gasteiger partial charge in [0, 0.05) is 22.1 Å². The van der Waals surface area contributed by atoms with Gasteiger partial charge < -0.3 is 0 Å². The van der Waals surface area contributed by atoms with Crippen LogP contribution in [0.15, 0.2) is 182 Å². The number of hydrogen-bond donors (Lipinski definition) is 0. The molecule has 2 heteroatoms. The fourth-order valence-corrected chi connectivity index (χ4v) is 9.05. The SMILES string of the molecule is CC1(C)c2cc3cc(-c4ccc(-c5cc(-c6ccc7ccccc7c6)nc(-c6ccccc6)n5)cc4)ccc3cc2-c2c1c1ccccc1c1ccccc21. The molecule has 9 aromatic carbocycles. The second-order valence-electron chi connectivity index (χ2n) is 15.4. The molecule has 2 nitrogen and oxygen atoms in total. The van der Waals surface area contributed by atoms with Gasteiger partial charge in [0.1, 0.15) is 0 Å². The van der Waals surface area contributed by atoms with Crippen molar-refractivity contribution in [3.8, 4) is 56.2 Å². The number of nitrogens with zero attached hydrogens (tertiary/aromatic N) is 2. The summed E-state index contributed by atoms with van der Waals surface area (Å²) in [5.74, 6) is 0.721. The largest absolute Gasteiger partial charge is 0.228 e. The quantitative estimate of drug-likeness (QED) is 0.171. The molecule has 1 aliphatic rings. The third-order valence-corrected chi connectivity index (χ3v) is 11.8. The Morgan fingerprint density at radius 1 is 0.364 bits per heavy atom. The minimum absolute atomic E-state index is 0.137. The van der Waals surface area contributed by atoms with Crippen molar-refractivity contribution in [2.45, 2.75) is 19.3 Å². The zero-order valence-corrected chi connectivity index (χ0v) is 30.7. The van der Waals surface area contributed by atoms with Gasteiger partial charge in [0.25, 0.3) is 0 Å². The van der Waals surface area contributed by atoms with E-state index < -0.39 is 0 Å². The lowest BCUT2D eigenvalue weighted by atomic mass is 9.79. The summed E-state index contributed by atoms with van der Waals surface area (Å²) in [6, 6.07) is 65.9. The van der Waals surface area contributed by atoms with Gasteiger partial charge in [0.2, 0.25) is 0 Å². The summed E-state index contributed by atoms with van der Waals surface area (Å²) in [4.78, 5) is 10.2. The fraction of sp³-hybridized carbons (Fsp3) is 0.0566. The molecule has 0 fully saturated rings. The first-order chi connectivity index (χ1) is 27.0. The highest BCUT2D eigenvalue weighted by molar-refractivity contribution is 6.19. The van der Waals surface area contributed by atoms with Crippen molar-refractivity contribution in [2.75, 3.05) is 0 Å². The molecule has 0 saturated heterocycles. The highest BCUT2D eigenvalue weighted by atomic mass is 14.9. The lowest BCUT2D eigenvalue weighted by molar-refractivity contribution is 0.667. The first-order valence-electron chi connectivity index (χ1n) is 19.1. The minimum atomic E-state index is -0.137. The highest BCUT2D eigenvalue weighted by Gasteiger charge is 2.38. The van der Waals surface area contributed by atoms with Crippen LogP contribution >= 0.6 is 0 Å². The molecule has 0 bridgehead atoms. The average molecular weight is 701 g/mol. The van der Waals surface area contributed by atoms with Crippen LogP contribution < -0.4 is 0 Å². The van der Waals surface area contributed by atoms with E-state index in [4.69, 9.17) is 9.97 Å². The maximum Gasteiger partial charge on any atom is 0.160 e. The molecule has 55 heavy (non-hydrogen) atoms. The Balaban J connectivity index is 0.990. The Labute approximate surface area is 320 Å². The van der Waals surface area contributed by atoms with E-state index in [0.29, 0.717) is 0 Å². The predicted octanol–water partition coefficient (Wildman–Crippen LogP) is 14.1. The van der Waals surface area contributed by atoms with Gasteiger partial charge >= 0.3 is 0 Å². The molecule has 10 aromatic rings. The normalized spacial score (nSPS) is 13.1. The third kappa shape index (κ3) is 5.02. The van der Waals surface area contributed by atoms with E-state index >= 15 is 0 Å². The second kappa shape index (κ2) is 12.1. The number of rotatable bonds is 4. The Bertz CT molecular complexity index is 3160. The van der Waals surface area contributed by atoms with Crippen LogP contribution in [0.5, 0.6) is 0 Å². The van der Waals surface area contributed by atoms with Crippen LogP contribution in [0.3, 0.4) is 0 Å². The fourth-order valence-electron chi connectivity index (χ4n) is 9.05. The average Bonchev–Trinajstić information content (AvgIpc) is 3.48. The number of benzene rings is 9. The molecule has 0 amide bonds. The van der Waals surface area contributed by atoms with Crippen molar-refractivity contribution in [3.63, 3.8) is 0 Å². The molecule has 1 aliphatic carbocycles. The van der Waals surface area contributed by atoms with Crippen LogP contribution in [-0.2, 0) is 5.41 Å². The van der Waals surface area contributed by atoms with E-state index in [9.17, 15) is 0 Å². The molecule has 0 radical (unpaired) electrons. The lowest BCUT2D eigenvalue weighted by Crippen LogP contribution is -2.15. The number of aromatic nitrogens is 2. The predicted molar refractivity (Wildman–Crippen MR) is 231 cm³/mol. The maximum atomic E-state index is 5.10. The van der Waals surface area contributed by atoms with Crippen molar-refractivity contribution in [1.82, 2.24) is 9.97 Å². The first-order valence-corrected chi connectivity index (χ1v) is 19.1. The Morgan fingerprint density at radius 3 is 1.69 bits per heavy atom.